The van der Waals surface area contributed by atoms with Crippen LogP contribution in [0.2, 0.25) is 0 Å². The largest absolute Gasteiger partial charge is 0.489 e. The number of anilines is 1. The average molecular weight is 413 g/mol. The molecule has 3 rings (SSSR count). The van der Waals surface area contributed by atoms with Crippen LogP contribution in [0.5, 0.6) is 5.75 Å². The molecule has 156 valence electrons. The summed E-state index contributed by atoms with van der Waals surface area (Å²) in [5, 5.41) is 2.41. The molecule has 3 nitrogen and oxygen atoms in total. The zero-order valence-corrected chi connectivity index (χ0v) is 16.7. The van der Waals surface area contributed by atoms with E-state index in [1.54, 1.807) is 18.2 Å². The maximum absolute atomic E-state index is 13.2. The Morgan fingerprint density at radius 1 is 0.967 bits per heavy atom. The predicted octanol–water partition coefficient (Wildman–Crippen LogP) is 6.66. The Morgan fingerprint density at radius 3 is 2.30 bits per heavy atom. The molecule has 1 amide bonds. The van der Waals surface area contributed by atoms with E-state index in [0.29, 0.717) is 23.5 Å². The normalized spacial score (nSPS) is 11.4. The minimum atomic E-state index is -4.56. The summed E-state index contributed by atoms with van der Waals surface area (Å²) in [6, 6.07) is 19.6. The first kappa shape index (κ1) is 21.4. The van der Waals surface area contributed by atoms with Crippen molar-refractivity contribution >= 4 is 11.6 Å². The van der Waals surface area contributed by atoms with Crippen molar-refractivity contribution in [1.82, 2.24) is 0 Å². The third kappa shape index (κ3) is 5.20. The molecule has 3 aromatic carbocycles. The maximum Gasteiger partial charge on any atom is 0.418 e. The Bertz CT molecular complexity index is 1010. The number of halogens is 3. The van der Waals surface area contributed by atoms with Gasteiger partial charge in [-0.1, -0.05) is 56.3 Å². The molecule has 0 aliphatic heterocycles. The summed E-state index contributed by atoms with van der Waals surface area (Å²) in [6.45, 7) is 4.20. The van der Waals surface area contributed by atoms with Crippen molar-refractivity contribution in [3.8, 4) is 5.75 Å². The smallest absolute Gasteiger partial charge is 0.418 e. The molecule has 0 aliphatic rings. The van der Waals surface area contributed by atoms with Crippen molar-refractivity contribution in [2.45, 2.75) is 32.5 Å². The van der Waals surface area contributed by atoms with Crippen LogP contribution in [0.15, 0.2) is 72.8 Å². The van der Waals surface area contributed by atoms with E-state index in [9.17, 15) is 18.0 Å². The lowest BCUT2D eigenvalue weighted by Gasteiger charge is -2.17. The van der Waals surface area contributed by atoms with E-state index in [1.165, 1.54) is 18.2 Å². The van der Waals surface area contributed by atoms with E-state index in [1.807, 2.05) is 44.2 Å². The Labute approximate surface area is 173 Å². The first-order valence-corrected chi connectivity index (χ1v) is 9.54. The number of hydrogen-bond donors (Lipinski definition) is 1. The topological polar surface area (TPSA) is 38.3 Å². The van der Waals surface area contributed by atoms with Gasteiger partial charge in [-0.25, -0.2) is 0 Å². The van der Waals surface area contributed by atoms with Crippen LogP contribution in [0.4, 0.5) is 18.9 Å². The van der Waals surface area contributed by atoms with Crippen molar-refractivity contribution in [2.75, 3.05) is 5.32 Å². The number of ether oxygens (including phenoxy) is 1. The van der Waals surface area contributed by atoms with Gasteiger partial charge in [-0.05, 0) is 47.4 Å². The van der Waals surface area contributed by atoms with Gasteiger partial charge in [0.2, 0.25) is 0 Å². The number of rotatable bonds is 6. The van der Waals surface area contributed by atoms with Gasteiger partial charge >= 0.3 is 6.18 Å². The molecule has 3 aromatic rings. The zero-order valence-electron chi connectivity index (χ0n) is 16.7. The van der Waals surface area contributed by atoms with Crippen LogP contribution < -0.4 is 10.1 Å². The second-order valence-electron chi connectivity index (χ2n) is 7.18. The van der Waals surface area contributed by atoms with E-state index in [4.69, 9.17) is 4.74 Å². The highest BCUT2D eigenvalue weighted by molar-refractivity contribution is 6.06. The van der Waals surface area contributed by atoms with Crippen LogP contribution in [0.3, 0.4) is 0 Å². The summed E-state index contributed by atoms with van der Waals surface area (Å²) < 4.78 is 45.5. The molecule has 30 heavy (non-hydrogen) atoms. The van der Waals surface area contributed by atoms with Gasteiger partial charge in [0.25, 0.3) is 5.91 Å². The van der Waals surface area contributed by atoms with Crippen molar-refractivity contribution in [2.24, 2.45) is 0 Å². The molecule has 0 aromatic heterocycles. The predicted molar refractivity (Wildman–Crippen MR) is 111 cm³/mol. The average Bonchev–Trinajstić information content (AvgIpc) is 2.72. The summed E-state index contributed by atoms with van der Waals surface area (Å²) in [7, 11) is 0. The summed E-state index contributed by atoms with van der Waals surface area (Å²) >= 11 is 0. The fourth-order valence-corrected chi connectivity index (χ4v) is 3.08. The molecule has 1 N–H and O–H groups in total. The van der Waals surface area contributed by atoms with E-state index in [2.05, 4.69) is 5.32 Å². The number of amides is 1. The van der Waals surface area contributed by atoms with Crippen molar-refractivity contribution in [1.29, 1.82) is 0 Å². The maximum atomic E-state index is 13.2. The van der Waals surface area contributed by atoms with Crippen LogP contribution in [-0.4, -0.2) is 5.91 Å². The van der Waals surface area contributed by atoms with Gasteiger partial charge in [0.1, 0.15) is 12.4 Å². The van der Waals surface area contributed by atoms with Gasteiger partial charge in [-0.15, -0.1) is 0 Å². The van der Waals surface area contributed by atoms with Crippen LogP contribution >= 0.6 is 0 Å². The number of nitrogens with one attached hydrogen (secondary N) is 1. The molecule has 0 radical (unpaired) electrons. The Kier molecular flexibility index (Phi) is 6.45. The molecule has 0 unspecified atom stereocenters. The SMILES string of the molecule is CC(C)c1cc(OCc2ccccc2)ccc1C(=O)Nc1ccccc1C(F)(F)F. The summed E-state index contributed by atoms with van der Waals surface area (Å²) in [5.41, 5.74) is 0.868. The van der Waals surface area contributed by atoms with Gasteiger partial charge in [-0.2, -0.15) is 13.2 Å². The molecule has 0 saturated heterocycles. The molecule has 6 heteroatoms. The van der Waals surface area contributed by atoms with Gasteiger partial charge in [0, 0.05) is 5.56 Å². The van der Waals surface area contributed by atoms with Crippen molar-refractivity contribution in [3.63, 3.8) is 0 Å². The first-order chi connectivity index (χ1) is 14.3. The first-order valence-electron chi connectivity index (χ1n) is 9.54. The van der Waals surface area contributed by atoms with Crippen molar-refractivity contribution in [3.05, 3.63) is 95.1 Å². The molecule has 0 saturated carbocycles. The zero-order chi connectivity index (χ0) is 21.7. The van der Waals surface area contributed by atoms with Gasteiger partial charge in [-0.3, -0.25) is 4.79 Å². The van der Waals surface area contributed by atoms with E-state index >= 15 is 0 Å². The monoisotopic (exact) mass is 413 g/mol. The van der Waals surface area contributed by atoms with Crippen LogP contribution in [0, 0.1) is 0 Å². The van der Waals surface area contributed by atoms with Gasteiger partial charge in [0.05, 0.1) is 11.3 Å². The standard InChI is InChI=1S/C24H22F3NO2/c1-16(2)20-14-18(30-15-17-8-4-3-5-9-17)12-13-19(20)23(29)28-22-11-7-6-10-21(22)24(25,26)27/h3-14,16H,15H2,1-2H3,(H,28,29). The highest BCUT2D eigenvalue weighted by Gasteiger charge is 2.33. The number of para-hydroxylation sites is 1. The summed E-state index contributed by atoms with van der Waals surface area (Å²) in [5.74, 6) is -0.0244. The molecule has 0 bridgehead atoms. The number of hydrogen-bond acceptors (Lipinski definition) is 2. The lowest BCUT2D eigenvalue weighted by atomic mass is 9.96. The van der Waals surface area contributed by atoms with E-state index in [-0.39, 0.29) is 11.6 Å². The molecule has 0 heterocycles. The molecule has 0 atom stereocenters. The number of benzene rings is 3. The third-order valence-corrected chi connectivity index (χ3v) is 4.62. The number of alkyl halides is 3. The van der Waals surface area contributed by atoms with Crippen LogP contribution in [0.1, 0.15) is 46.8 Å². The summed E-state index contributed by atoms with van der Waals surface area (Å²) in [4.78, 5) is 12.8. The quantitative estimate of drug-likeness (QED) is 0.491. The minimum absolute atomic E-state index is 0.0242. The second-order valence-corrected chi connectivity index (χ2v) is 7.18. The number of carbonyl (C=O) groups excluding carboxylic acids is 1. The highest BCUT2D eigenvalue weighted by atomic mass is 19.4. The molecule has 0 aliphatic carbocycles. The lowest BCUT2D eigenvalue weighted by Crippen LogP contribution is -2.18. The number of carbonyl (C=O) groups is 1. The van der Waals surface area contributed by atoms with E-state index < -0.39 is 17.6 Å². The molecular weight excluding hydrogens is 391 g/mol. The highest BCUT2D eigenvalue weighted by Crippen LogP contribution is 2.35. The Morgan fingerprint density at radius 2 is 1.63 bits per heavy atom. The molecule has 0 fully saturated rings. The Hall–Kier alpha value is -3.28. The van der Waals surface area contributed by atoms with Gasteiger partial charge < -0.3 is 10.1 Å². The van der Waals surface area contributed by atoms with Crippen LogP contribution in [-0.2, 0) is 12.8 Å². The minimum Gasteiger partial charge on any atom is -0.489 e. The fraction of sp³-hybridized carbons (Fsp3) is 0.208. The van der Waals surface area contributed by atoms with Crippen LogP contribution in [0.25, 0.3) is 0 Å². The summed E-state index contributed by atoms with van der Waals surface area (Å²) in [6.07, 6.45) is -4.56. The molecular formula is C24H22F3NO2. The third-order valence-electron chi connectivity index (χ3n) is 4.62. The van der Waals surface area contributed by atoms with Gasteiger partial charge in [0.15, 0.2) is 0 Å². The Balaban J connectivity index is 1.82. The molecule has 0 spiro atoms. The fourth-order valence-electron chi connectivity index (χ4n) is 3.08. The lowest BCUT2D eigenvalue weighted by molar-refractivity contribution is -0.136. The second kappa shape index (κ2) is 9.03. The van der Waals surface area contributed by atoms with Crippen molar-refractivity contribution < 1.29 is 22.7 Å². The van der Waals surface area contributed by atoms with E-state index in [0.717, 1.165) is 11.6 Å².